The number of benzene rings is 1. The maximum atomic E-state index is 13.0. The van der Waals surface area contributed by atoms with Gasteiger partial charge in [0.15, 0.2) is 0 Å². The molecular weight excluding hydrogens is 433 g/mol. The molecule has 1 aromatic heterocycles. The fourth-order valence-corrected chi connectivity index (χ4v) is 4.60. The largest absolute Gasteiger partial charge is 0.416 e. The first-order valence-electron chi connectivity index (χ1n) is 9.82. The monoisotopic (exact) mass is 458 g/mol. The molecule has 2 heterocycles. The molecule has 3 rings (SSSR count). The molecule has 11 heteroatoms. The SMILES string of the molecule is Cc1nn(Cc2cccc(C(F)(F)F)c2)c(C)c1NC(=O)C1CCN(S(C)(=O)=O)CC1. The van der Waals surface area contributed by atoms with E-state index in [9.17, 15) is 26.4 Å². The zero-order valence-corrected chi connectivity index (χ0v) is 18.3. The highest BCUT2D eigenvalue weighted by Gasteiger charge is 2.31. The third-order valence-corrected chi connectivity index (χ3v) is 6.81. The second kappa shape index (κ2) is 8.62. The van der Waals surface area contributed by atoms with Crippen LogP contribution < -0.4 is 5.32 Å². The molecule has 1 N–H and O–H groups in total. The molecule has 0 radical (unpaired) electrons. The Morgan fingerprint density at radius 1 is 1.23 bits per heavy atom. The normalized spacial score (nSPS) is 16.5. The van der Waals surface area contributed by atoms with Gasteiger partial charge in [0.1, 0.15) is 0 Å². The van der Waals surface area contributed by atoms with Crippen molar-refractivity contribution in [2.45, 2.75) is 39.4 Å². The molecule has 0 atom stereocenters. The summed E-state index contributed by atoms with van der Waals surface area (Å²) in [6.07, 6.45) is -2.42. The number of hydrogen-bond acceptors (Lipinski definition) is 4. The van der Waals surface area contributed by atoms with E-state index in [2.05, 4.69) is 10.4 Å². The Balaban J connectivity index is 1.70. The minimum absolute atomic E-state index is 0.138. The quantitative estimate of drug-likeness (QED) is 0.746. The van der Waals surface area contributed by atoms with Crippen molar-refractivity contribution in [1.82, 2.24) is 14.1 Å². The van der Waals surface area contributed by atoms with Gasteiger partial charge < -0.3 is 5.32 Å². The van der Waals surface area contributed by atoms with Gasteiger partial charge >= 0.3 is 6.18 Å². The second-order valence-electron chi connectivity index (χ2n) is 7.83. The maximum absolute atomic E-state index is 13.0. The predicted octanol–water partition coefficient (Wildman–Crippen LogP) is 3.18. The summed E-state index contributed by atoms with van der Waals surface area (Å²) in [5.74, 6) is -0.526. The van der Waals surface area contributed by atoms with Crippen LogP contribution in [0.4, 0.5) is 18.9 Å². The summed E-state index contributed by atoms with van der Waals surface area (Å²) in [7, 11) is -3.27. The number of aryl methyl sites for hydroxylation is 1. The molecule has 1 fully saturated rings. The number of piperidine rings is 1. The summed E-state index contributed by atoms with van der Waals surface area (Å²) in [4.78, 5) is 12.7. The molecule has 0 aliphatic carbocycles. The van der Waals surface area contributed by atoms with Crippen LogP contribution in [-0.2, 0) is 27.5 Å². The Labute approximate surface area is 179 Å². The smallest absolute Gasteiger partial charge is 0.323 e. The molecular formula is C20H25F3N4O3S. The molecule has 1 amide bonds. The number of sulfonamides is 1. The fraction of sp³-hybridized carbons (Fsp3) is 0.500. The Kier molecular flexibility index (Phi) is 6.47. The molecule has 0 saturated carbocycles. The van der Waals surface area contributed by atoms with Gasteiger partial charge in [-0.05, 0) is 44.4 Å². The molecule has 0 bridgehead atoms. The fourth-order valence-electron chi connectivity index (χ4n) is 3.73. The first kappa shape index (κ1) is 23.3. The molecule has 2 aromatic rings. The third-order valence-electron chi connectivity index (χ3n) is 5.51. The average Bonchev–Trinajstić information content (AvgIpc) is 2.94. The van der Waals surface area contributed by atoms with Crippen LogP contribution in [0.2, 0.25) is 0 Å². The Hall–Kier alpha value is -2.40. The van der Waals surface area contributed by atoms with E-state index >= 15 is 0 Å². The van der Waals surface area contributed by atoms with E-state index in [0.717, 1.165) is 18.4 Å². The standard InChI is InChI=1S/C20H25F3N4O3S/c1-13-18(24-19(28)16-7-9-26(10-8-16)31(3,29)30)14(2)27(25-13)12-15-5-4-6-17(11-15)20(21,22)23/h4-6,11,16H,7-10,12H2,1-3H3,(H,24,28). The van der Waals surface area contributed by atoms with Gasteiger partial charge in [-0.2, -0.15) is 18.3 Å². The van der Waals surface area contributed by atoms with Crippen LogP contribution in [-0.4, -0.2) is 47.8 Å². The summed E-state index contributed by atoms with van der Waals surface area (Å²) in [5.41, 5.74) is 1.46. The number of halogens is 3. The molecule has 7 nitrogen and oxygen atoms in total. The van der Waals surface area contributed by atoms with Crippen LogP contribution in [0.1, 0.15) is 35.4 Å². The number of alkyl halides is 3. The second-order valence-corrected chi connectivity index (χ2v) is 9.81. The van der Waals surface area contributed by atoms with Gasteiger partial charge in [0.05, 0.1) is 35.4 Å². The van der Waals surface area contributed by atoms with E-state index < -0.39 is 21.8 Å². The van der Waals surface area contributed by atoms with E-state index in [-0.39, 0.29) is 18.4 Å². The molecule has 170 valence electrons. The topological polar surface area (TPSA) is 84.3 Å². The van der Waals surface area contributed by atoms with Gasteiger partial charge in [-0.1, -0.05) is 12.1 Å². The lowest BCUT2D eigenvalue weighted by molar-refractivity contribution is -0.137. The summed E-state index contributed by atoms with van der Waals surface area (Å²) < 4.78 is 65.0. The van der Waals surface area contributed by atoms with Gasteiger partial charge in [-0.25, -0.2) is 12.7 Å². The van der Waals surface area contributed by atoms with Crippen molar-refractivity contribution in [2.24, 2.45) is 5.92 Å². The highest BCUT2D eigenvalue weighted by atomic mass is 32.2. The van der Waals surface area contributed by atoms with Crippen LogP contribution in [0.5, 0.6) is 0 Å². The van der Waals surface area contributed by atoms with Gasteiger partial charge in [-0.15, -0.1) is 0 Å². The number of nitrogens with zero attached hydrogens (tertiary/aromatic N) is 3. The van der Waals surface area contributed by atoms with Crippen molar-refractivity contribution in [3.63, 3.8) is 0 Å². The number of aromatic nitrogens is 2. The van der Waals surface area contributed by atoms with E-state index in [1.165, 1.54) is 10.4 Å². The highest BCUT2D eigenvalue weighted by molar-refractivity contribution is 7.88. The molecule has 1 aromatic carbocycles. The number of carbonyl (C=O) groups excluding carboxylic acids is 1. The Morgan fingerprint density at radius 3 is 2.45 bits per heavy atom. The minimum atomic E-state index is -4.42. The molecule has 1 aliphatic heterocycles. The Morgan fingerprint density at radius 2 is 1.87 bits per heavy atom. The summed E-state index contributed by atoms with van der Waals surface area (Å²) in [6, 6.07) is 5.06. The van der Waals surface area contributed by atoms with E-state index in [0.29, 0.717) is 48.6 Å². The molecule has 0 spiro atoms. The summed E-state index contributed by atoms with van der Waals surface area (Å²) >= 11 is 0. The first-order chi connectivity index (χ1) is 14.4. The van der Waals surface area contributed by atoms with Crippen LogP contribution in [0, 0.1) is 19.8 Å². The lowest BCUT2D eigenvalue weighted by Crippen LogP contribution is -2.41. The van der Waals surface area contributed by atoms with Crippen molar-refractivity contribution in [1.29, 1.82) is 0 Å². The summed E-state index contributed by atoms with van der Waals surface area (Å²) in [6.45, 7) is 4.19. The van der Waals surface area contributed by atoms with Crippen molar-refractivity contribution < 1.29 is 26.4 Å². The van der Waals surface area contributed by atoms with Crippen LogP contribution in [0.15, 0.2) is 24.3 Å². The van der Waals surface area contributed by atoms with Crippen molar-refractivity contribution in [3.05, 3.63) is 46.8 Å². The number of anilines is 1. The zero-order valence-electron chi connectivity index (χ0n) is 17.5. The minimum Gasteiger partial charge on any atom is -0.323 e. The lowest BCUT2D eigenvalue weighted by Gasteiger charge is -2.29. The molecule has 1 saturated heterocycles. The lowest BCUT2D eigenvalue weighted by atomic mass is 9.97. The number of hydrogen-bond donors (Lipinski definition) is 1. The van der Waals surface area contributed by atoms with Gasteiger partial charge in [0, 0.05) is 19.0 Å². The van der Waals surface area contributed by atoms with Crippen LogP contribution >= 0.6 is 0 Å². The highest BCUT2D eigenvalue weighted by Crippen LogP contribution is 2.30. The third kappa shape index (κ3) is 5.45. The van der Waals surface area contributed by atoms with Crippen molar-refractivity contribution >= 4 is 21.6 Å². The molecule has 0 unspecified atom stereocenters. The van der Waals surface area contributed by atoms with Crippen LogP contribution in [0.25, 0.3) is 0 Å². The Bertz CT molecular complexity index is 1070. The predicted molar refractivity (Wildman–Crippen MR) is 110 cm³/mol. The van der Waals surface area contributed by atoms with E-state index in [4.69, 9.17) is 0 Å². The van der Waals surface area contributed by atoms with Crippen molar-refractivity contribution in [2.75, 3.05) is 24.7 Å². The first-order valence-corrected chi connectivity index (χ1v) is 11.7. The number of amides is 1. The zero-order chi connectivity index (χ0) is 23.0. The van der Waals surface area contributed by atoms with Crippen molar-refractivity contribution in [3.8, 4) is 0 Å². The number of rotatable bonds is 5. The van der Waals surface area contributed by atoms with Gasteiger partial charge in [0.25, 0.3) is 0 Å². The number of carbonyl (C=O) groups is 1. The van der Waals surface area contributed by atoms with Gasteiger partial charge in [-0.3, -0.25) is 9.48 Å². The summed E-state index contributed by atoms with van der Waals surface area (Å²) in [5, 5.41) is 7.25. The van der Waals surface area contributed by atoms with Crippen LogP contribution in [0.3, 0.4) is 0 Å². The molecule has 1 aliphatic rings. The van der Waals surface area contributed by atoms with E-state index in [1.54, 1.807) is 24.6 Å². The average molecular weight is 459 g/mol. The molecule has 31 heavy (non-hydrogen) atoms. The van der Waals surface area contributed by atoms with E-state index in [1.807, 2.05) is 0 Å². The van der Waals surface area contributed by atoms with Gasteiger partial charge in [0.2, 0.25) is 15.9 Å². The number of nitrogens with one attached hydrogen (secondary N) is 1. The maximum Gasteiger partial charge on any atom is 0.416 e.